The van der Waals surface area contributed by atoms with Crippen molar-refractivity contribution >= 4 is 22.6 Å². The first kappa shape index (κ1) is 27.6. The summed E-state index contributed by atoms with van der Waals surface area (Å²) in [6, 6.07) is 26.6. The Labute approximate surface area is 256 Å². The molecule has 1 atom stereocenters. The van der Waals surface area contributed by atoms with Crippen LogP contribution >= 0.6 is 0 Å². The summed E-state index contributed by atoms with van der Waals surface area (Å²) in [6.45, 7) is 6.77. The number of nitrogens with zero attached hydrogens (tertiary/aromatic N) is 7. The molecule has 2 aliphatic heterocycles. The van der Waals surface area contributed by atoms with E-state index >= 15 is 0 Å². The van der Waals surface area contributed by atoms with Gasteiger partial charge in [0.05, 0.1) is 11.2 Å². The molecule has 218 valence electrons. The van der Waals surface area contributed by atoms with Crippen LogP contribution in [0.2, 0.25) is 0 Å². The topological polar surface area (TPSA) is 125 Å². The summed E-state index contributed by atoms with van der Waals surface area (Å²) in [5, 5.41) is 10.1. The molecule has 2 fully saturated rings. The number of nitriles is 1. The summed E-state index contributed by atoms with van der Waals surface area (Å²) in [5.41, 5.74) is 12.6. The van der Waals surface area contributed by atoms with Crippen LogP contribution in [-0.4, -0.2) is 56.9 Å². The minimum atomic E-state index is -0.564. The van der Waals surface area contributed by atoms with Crippen molar-refractivity contribution in [3.8, 4) is 28.5 Å². The number of pyridine rings is 2. The quantitative estimate of drug-likeness (QED) is 0.293. The van der Waals surface area contributed by atoms with Crippen LogP contribution in [0.25, 0.3) is 33.3 Å². The third kappa shape index (κ3) is 5.25. The molecule has 3 aromatic heterocycles. The third-order valence-corrected chi connectivity index (χ3v) is 8.99. The molecule has 2 saturated heterocycles. The van der Waals surface area contributed by atoms with E-state index in [0.717, 1.165) is 84.8 Å². The molecular formula is C35H32N8O. The van der Waals surface area contributed by atoms with Gasteiger partial charge in [0.1, 0.15) is 17.6 Å². The van der Waals surface area contributed by atoms with Crippen LogP contribution in [-0.2, 0) is 6.54 Å². The zero-order chi connectivity index (χ0) is 30.3. The second kappa shape index (κ2) is 11.1. The summed E-state index contributed by atoms with van der Waals surface area (Å²) >= 11 is 0. The van der Waals surface area contributed by atoms with E-state index in [-0.39, 0.29) is 16.9 Å². The number of carbonyl (C=O) groups is 1. The van der Waals surface area contributed by atoms with Crippen molar-refractivity contribution in [2.75, 3.05) is 31.1 Å². The van der Waals surface area contributed by atoms with Crippen molar-refractivity contribution in [2.45, 2.75) is 26.3 Å². The number of rotatable bonds is 6. The van der Waals surface area contributed by atoms with E-state index in [9.17, 15) is 10.1 Å². The van der Waals surface area contributed by atoms with Gasteiger partial charge in [0, 0.05) is 60.0 Å². The fourth-order valence-electron chi connectivity index (χ4n) is 6.75. The lowest BCUT2D eigenvalue weighted by Gasteiger charge is -2.25. The highest BCUT2D eigenvalue weighted by Crippen LogP contribution is 2.41. The van der Waals surface area contributed by atoms with Gasteiger partial charge in [0.2, 0.25) is 5.82 Å². The first-order chi connectivity index (χ1) is 21.4. The molecule has 0 aliphatic carbocycles. The zero-order valence-electron chi connectivity index (χ0n) is 24.6. The number of benzene rings is 2. The molecule has 9 heteroatoms. The van der Waals surface area contributed by atoms with Gasteiger partial charge in [-0.05, 0) is 55.6 Å². The lowest BCUT2D eigenvalue weighted by atomic mass is 9.86. The van der Waals surface area contributed by atoms with E-state index < -0.39 is 5.91 Å². The van der Waals surface area contributed by atoms with Crippen LogP contribution in [0.1, 0.15) is 40.4 Å². The van der Waals surface area contributed by atoms with Crippen LogP contribution in [0, 0.1) is 23.7 Å². The van der Waals surface area contributed by atoms with Crippen molar-refractivity contribution in [2.24, 2.45) is 11.1 Å². The highest BCUT2D eigenvalue weighted by atomic mass is 16.1. The van der Waals surface area contributed by atoms with E-state index in [2.05, 4.69) is 67.2 Å². The van der Waals surface area contributed by atoms with Gasteiger partial charge in [-0.3, -0.25) is 9.69 Å². The molecule has 1 spiro atoms. The second-order valence-corrected chi connectivity index (χ2v) is 12.0. The fourth-order valence-corrected chi connectivity index (χ4v) is 6.75. The summed E-state index contributed by atoms with van der Waals surface area (Å²) in [5.74, 6) is 0.500. The number of hydrogen-bond acceptors (Lipinski definition) is 8. The maximum absolute atomic E-state index is 11.9. The standard InChI is InChI=1S/C35H32N8O/c1-23-27-17-28(25-5-3-2-4-6-25)33(40-29(27)18-30(39-23)34(37)44)26-9-7-24(8-10-26)20-42-15-12-35(21-42)13-16-43(22-35)32-11-14-38-31(19-36)41-32/h2-11,14,17-18H,12-13,15-16,20-22H2,1H3,(H2,37,44)/t35-/m0/s1. The molecule has 5 aromatic rings. The Kier molecular flexibility index (Phi) is 6.99. The Morgan fingerprint density at radius 3 is 2.52 bits per heavy atom. The molecular weight excluding hydrogens is 548 g/mol. The Morgan fingerprint density at radius 1 is 0.955 bits per heavy atom. The predicted octanol–water partition coefficient (Wildman–Crippen LogP) is 5.14. The average molecular weight is 581 g/mol. The summed E-state index contributed by atoms with van der Waals surface area (Å²) in [4.78, 5) is 34.7. The van der Waals surface area contributed by atoms with E-state index in [1.54, 1.807) is 12.3 Å². The maximum Gasteiger partial charge on any atom is 0.267 e. The molecule has 2 N–H and O–H groups in total. The number of nitrogens with two attached hydrogens (primary N) is 1. The van der Waals surface area contributed by atoms with Gasteiger partial charge in [-0.1, -0.05) is 54.6 Å². The van der Waals surface area contributed by atoms with Gasteiger partial charge in [-0.15, -0.1) is 0 Å². The van der Waals surface area contributed by atoms with Gasteiger partial charge in [0.15, 0.2) is 0 Å². The lowest BCUT2D eigenvalue weighted by Crippen LogP contribution is -2.31. The fraction of sp³-hybridized carbons (Fsp3) is 0.257. The zero-order valence-corrected chi connectivity index (χ0v) is 24.6. The molecule has 2 aliphatic rings. The van der Waals surface area contributed by atoms with Gasteiger partial charge in [-0.25, -0.2) is 19.9 Å². The minimum Gasteiger partial charge on any atom is -0.364 e. The van der Waals surface area contributed by atoms with Crippen molar-refractivity contribution in [1.29, 1.82) is 5.26 Å². The Bertz CT molecular complexity index is 1920. The van der Waals surface area contributed by atoms with Gasteiger partial charge < -0.3 is 10.6 Å². The summed E-state index contributed by atoms with van der Waals surface area (Å²) < 4.78 is 0. The largest absolute Gasteiger partial charge is 0.364 e. The molecule has 7 rings (SSSR count). The summed E-state index contributed by atoms with van der Waals surface area (Å²) in [6.07, 6.45) is 3.95. The van der Waals surface area contributed by atoms with Crippen LogP contribution < -0.4 is 10.6 Å². The lowest BCUT2D eigenvalue weighted by molar-refractivity contribution is 0.0995. The van der Waals surface area contributed by atoms with Crippen LogP contribution in [0.4, 0.5) is 5.82 Å². The van der Waals surface area contributed by atoms with E-state index in [1.807, 2.05) is 37.3 Å². The molecule has 0 unspecified atom stereocenters. The molecule has 1 amide bonds. The average Bonchev–Trinajstić information content (AvgIpc) is 3.66. The smallest absolute Gasteiger partial charge is 0.267 e. The molecule has 5 heterocycles. The molecule has 0 bridgehead atoms. The Morgan fingerprint density at radius 2 is 1.75 bits per heavy atom. The predicted molar refractivity (Wildman–Crippen MR) is 170 cm³/mol. The van der Waals surface area contributed by atoms with Gasteiger partial charge >= 0.3 is 0 Å². The van der Waals surface area contributed by atoms with E-state index in [4.69, 9.17) is 10.7 Å². The van der Waals surface area contributed by atoms with Crippen molar-refractivity contribution in [1.82, 2.24) is 24.8 Å². The van der Waals surface area contributed by atoms with E-state index in [1.165, 1.54) is 5.56 Å². The highest BCUT2D eigenvalue weighted by Gasteiger charge is 2.43. The number of aryl methyl sites for hydroxylation is 1. The number of primary amides is 1. The van der Waals surface area contributed by atoms with Crippen molar-refractivity contribution in [3.63, 3.8) is 0 Å². The molecule has 0 radical (unpaired) electrons. The molecule has 2 aromatic carbocycles. The minimum absolute atomic E-state index is 0.217. The SMILES string of the molecule is Cc1nc(C(N)=O)cc2nc(-c3ccc(CN4CC[C@]5(CCN(c6ccnc(C#N)n6)C5)C4)cc3)c(-c3ccccc3)cc12. The van der Waals surface area contributed by atoms with E-state index in [0.29, 0.717) is 5.52 Å². The van der Waals surface area contributed by atoms with Gasteiger partial charge in [0.25, 0.3) is 5.91 Å². The Balaban J connectivity index is 1.12. The summed E-state index contributed by atoms with van der Waals surface area (Å²) in [7, 11) is 0. The number of fused-ring (bicyclic) bond motifs is 1. The number of likely N-dealkylation sites (tertiary alicyclic amines) is 1. The normalized spacial score (nSPS) is 18.2. The highest BCUT2D eigenvalue weighted by molar-refractivity contribution is 5.98. The number of aromatic nitrogens is 4. The number of amides is 1. The van der Waals surface area contributed by atoms with Crippen LogP contribution in [0.5, 0.6) is 0 Å². The van der Waals surface area contributed by atoms with Crippen LogP contribution in [0.15, 0.2) is 79.0 Å². The van der Waals surface area contributed by atoms with Gasteiger partial charge in [-0.2, -0.15) is 5.26 Å². The molecule has 0 saturated carbocycles. The number of carbonyl (C=O) groups excluding carboxylic acids is 1. The van der Waals surface area contributed by atoms with Crippen LogP contribution in [0.3, 0.4) is 0 Å². The Hall–Kier alpha value is -5.20. The molecule has 9 nitrogen and oxygen atoms in total. The second-order valence-electron chi connectivity index (χ2n) is 12.0. The number of hydrogen-bond donors (Lipinski definition) is 1. The van der Waals surface area contributed by atoms with Crippen molar-refractivity contribution in [3.05, 3.63) is 102 Å². The first-order valence-electron chi connectivity index (χ1n) is 14.9. The van der Waals surface area contributed by atoms with Crippen molar-refractivity contribution < 1.29 is 4.79 Å². The molecule has 44 heavy (non-hydrogen) atoms. The third-order valence-electron chi connectivity index (χ3n) is 8.99. The monoisotopic (exact) mass is 580 g/mol. The maximum atomic E-state index is 11.9. The number of anilines is 1. The first-order valence-corrected chi connectivity index (χ1v) is 14.9.